The molecule has 0 aromatic carbocycles. The molecule has 5 heteroatoms. The summed E-state index contributed by atoms with van der Waals surface area (Å²) in [5.41, 5.74) is 0. The predicted molar refractivity (Wildman–Crippen MR) is 78.5 cm³/mol. The molecule has 0 unspecified atom stereocenters. The van der Waals surface area contributed by atoms with Crippen molar-refractivity contribution in [2.75, 3.05) is 32.9 Å². The summed E-state index contributed by atoms with van der Waals surface area (Å²) in [6.45, 7) is 8.59. The van der Waals surface area contributed by atoms with Crippen molar-refractivity contribution in [2.45, 2.75) is 52.9 Å². The van der Waals surface area contributed by atoms with E-state index in [1.54, 1.807) is 11.8 Å². The van der Waals surface area contributed by atoms with E-state index in [-0.39, 0.29) is 18.3 Å². The molecule has 0 bridgehead atoms. The molecule has 0 rings (SSSR count). The number of carbonyl (C=O) groups excluding carboxylic acids is 2. The van der Waals surface area contributed by atoms with Crippen LogP contribution in [0, 0.1) is 0 Å². The van der Waals surface area contributed by atoms with E-state index in [9.17, 15) is 9.59 Å². The zero-order valence-electron chi connectivity index (χ0n) is 13.2. The lowest BCUT2D eigenvalue weighted by Crippen LogP contribution is -2.34. The number of hydrogen-bond acceptors (Lipinski definition) is 4. The van der Waals surface area contributed by atoms with Gasteiger partial charge in [-0.3, -0.25) is 9.59 Å². The maximum absolute atomic E-state index is 12.1. The van der Waals surface area contributed by atoms with Gasteiger partial charge in [0.1, 0.15) is 0 Å². The fourth-order valence-corrected chi connectivity index (χ4v) is 1.81. The van der Waals surface area contributed by atoms with Gasteiger partial charge in [0, 0.05) is 32.7 Å². The number of amides is 1. The summed E-state index contributed by atoms with van der Waals surface area (Å²) in [6.07, 6.45) is 3.50. The lowest BCUT2D eigenvalue weighted by atomic mass is 10.2. The summed E-state index contributed by atoms with van der Waals surface area (Å²) in [5.74, 6) is -0.127. The Bertz CT molecular complexity index is 269. The highest BCUT2D eigenvalue weighted by Gasteiger charge is 2.14. The highest BCUT2D eigenvalue weighted by atomic mass is 16.5. The smallest absolute Gasteiger partial charge is 0.307 e. The van der Waals surface area contributed by atoms with Crippen LogP contribution in [0.4, 0.5) is 0 Å². The van der Waals surface area contributed by atoms with Gasteiger partial charge < -0.3 is 14.4 Å². The minimum Gasteiger partial charge on any atom is -0.466 e. The van der Waals surface area contributed by atoms with Crippen LogP contribution in [-0.2, 0) is 19.1 Å². The van der Waals surface area contributed by atoms with E-state index in [0.29, 0.717) is 39.3 Å². The van der Waals surface area contributed by atoms with Crippen LogP contribution in [0.1, 0.15) is 52.9 Å². The topological polar surface area (TPSA) is 55.8 Å². The maximum atomic E-state index is 12.1. The molecule has 0 aliphatic heterocycles. The highest BCUT2D eigenvalue weighted by molar-refractivity contribution is 5.77. The monoisotopic (exact) mass is 287 g/mol. The Kier molecular flexibility index (Phi) is 12.2. The Morgan fingerprint density at radius 3 is 2.30 bits per heavy atom. The normalized spacial score (nSPS) is 10.3. The molecule has 0 spiro atoms. The summed E-state index contributed by atoms with van der Waals surface area (Å²) in [7, 11) is 0. The Hall–Kier alpha value is -1.10. The largest absolute Gasteiger partial charge is 0.466 e. The second-order valence-electron chi connectivity index (χ2n) is 4.59. The third kappa shape index (κ3) is 9.78. The standard InChI is InChI=1S/C15H29NO4/c1-4-7-9-14(17)16(11-8-13-19-5-2)12-10-15(18)20-6-3/h4-13H2,1-3H3. The minimum absolute atomic E-state index is 0.118. The van der Waals surface area contributed by atoms with Crippen molar-refractivity contribution in [3.05, 3.63) is 0 Å². The number of carbonyl (C=O) groups is 2. The molecule has 0 saturated carbocycles. The van der Waals surface area contributed by atoms with Gasteiger partial charge in [-0.25, -0.2) is 0 Å². The second kappa shape index (κ2) is 12.9. The molecule has 20 heavy (non-hydrogen) atoms. The van der Waals surface area contributed by atoms with Crippen LogP contribution in [0.2, 0.25) is 0 Å². The van der Waals surface area contributed by atoms with Crippen LogP contribution in [0.3, 0.4) is 0 Å². The fourth-order valence-electron chi connectivity index (χ4n) is 1.81. The Morgan fingerprint density at radius 1 is 0.950 bits per heavy atom. The molecule has 0 saturated heterocycles. The number of hydrogen-bond donors (Lipinski definition) is 0. The van der Waals surface area contributed by atoms with E-state index in [1.807, 2.05) is 6.92 Å². The second-order valence-corrected chi connectivity index (χ2v) is 4.59. The number of esters is 1. The van der Waals surface area contributed by atoms with Crippen LogP contribution in [0.5, 0.6) is 0 Å². The molecule has 0 aromatic rings. The SMILES string of the molecule is CCCCC(=O)N(CCCOCC)CCC(=O)OCC. The predicted octanol–water partition coefficient (Wildman–Crippen LogP) is 2.39. The molecule has 0 fully saturated rings. The Labute approximate surface area is 122 Å². The zero-order valence-corrected chi connectivity index (χ0v) is 13.2. The van der Waals surface area contributed by atoms with Gasteiger partial charge in [0.05, 0.1) is 13.0 Å². The first-order chi connectivity index (χ1) is 9.65. The molecular weight excluding hydrogens is 258 g/mol. The zero-order chi connectivity index (χ0) is 15.2. The van der Waals surface area contributed by atoms with Crippen LogP contribution in [0.25, 0.3) is 0 Å². The lowest BCUT2D eigenvalue weighted by Gasteiger charge is -2.22. The Balaban J connectivity index is 4.15. The minimum atomic E-state index is -0.245. The van der Waals surface area contributed by atoms with Crippen molar-refractivity contribution < 1.29 is 19.1 Å². The van der Waals surface area contributed by atoms with Crippen LogP contribution in [-0.4, -0.2) is 49.7 Å². The summed E-state index contributed by atoms with van der Waals surface area (Å²) in [4.78, 5) is 25.2. The summed E-state index contributed by atoms with van der Waals surface area (Å²) < 4.78 is 10.2. The van der Waals surface area contributed by atoms with Crippen LogP contribution >= 0.6 is 0 Å². The molecular formula is C15H29NO4. The molecule has 0 heterocycles. The van der Waals surface area contributed by atoms with Crippen molar-refractivity contribution in [3.63, 3.8) is 0 Å². The molecule has 0 atom stereocenters. The molecule has 118 valence electrons. The molecule has 0 N–H and O–H groups in total. The molecule has 0 aliphatic rings. The maximum Gasteiger partial charge on any atom is 0.307 e. The first-order valence-corrected chi connectivity index (χ1v) is 7.66. The first-order valence-electron chi connectivity index (χ1n) is 7.66. The molecule has 0 aliphatic carbocycles. The van der Waals surface area contributed by atoms with Crippen molar-refractivity contribution in [1.29, 1.82) is 0 Å². The number of rotatable bonds is 12. The fraction of sp³-hybridized carbons (Fsp3) is 0.867. The van der Waals surface area contributed by atoms with E-state index in [2.05, 4.69) is 6.92 Å². The molecule has 5 nitrogen and oxygen atoms in total. The number of unbranched alkanes of at least 4 members (excludes halogenated alkanes) is 1. The van der Waals surface area contributed by atoms with Crippen LogP contribution in [0.15, 0.2) is 0 Å². The third-order valence-corrected chi connectivity index (χ3v) is 2.91. The van der Waals surface area contributed by atoms with E-state index in [1.165, 1.54) is 0 Å². The molecule has 0 radical (unpaired) electrons. The van der Waals surface area contributed by atoms with Gasteiger partial charge >= 0.3 is 5.97 Å². The molecule has 0 aromatic heterocycles. The lowest BCUT2D eigenvalue weighted by molar-refractivity contribution is -0.144. The summed E-state index contributed by atoms with van der Waals surface area (Å²) in [5, 5.41) is 0. The van der Waals surface area contributed by atoms with Crippen molar-refractivity contribution >= 4 is 11.9 Å². The van der Waals surface area contributed by atoms with E-state index in [0.717, 1.165) is 19.3 Å². The van der Waals surface area contributed by atoms with Gasteiger partial charge in [0.15, 0.2) is 0 Å². The quantitative estimate of drug-likeness (QED) is 0.408. The van der Waals surface area contributed by atoms with Crippen LogP contribution < -0.4 is 0 Å². The molecule has 1 amide bonds. The Morgan fingerprint density at radius 2 is 1.70 bits per heavy atom. The van der Waals surface area contributed by atoms with Crippen molar-refractivity contribution in [2.24, 2.45) is 0 Å². The average Bonchev–Trinajstić information content (AvgIpc) is 2.44. The van der Waals surface area contributed by atoms with Crippen molar-refractivity contribution in [3.8, 4) is 0 Å². The van der Waals surface area contributed by atoms with Crippen molar-refractivity contribution in [1.82, 2.24) is 4.90 Å². The van der Waals surface area contributed by atoms with E-state index < -0.39 is 0 Å². The average molecular weight is 287 g/mol. The van der Waals surface area contributed by atoms with E-state index >= 15 is 0 Å². The van der Waals surface area contributed by atoms with Gasteiger partial charge in [-0.05, 0) is 26.7 Å². The summed E-state index contributed by atoms with van der Waals surface area (Å²) >= 11 is 0. The van der Waals surface area contributed by atoms with Gasteiger partial charge in [0.2, 0.25) is 5.91 Å². The summed E-state index contributed by atoms with van der Waals surface area (Å²) in [6, 6.07) is 0. The first kappa shape index (κ1) is 18.9. The van der Waals surface area contributed by atoms with Gasteiger partial charge in [-0.15, -0.1) is 0 Å². The van der Waals surface area contributed by atoms with E-state index in [4.69, 9.17) is 9.47 Å². The highest BCUT2D eigenvalue weighted by Crippen LogP contribution is 2.04. The van der Waals surface area contributed by atoms with Gasteiger partial charge in [0.25, 0.3) is 0 Å². The third-order valence-electron chi connectivity index (χ3n) is 2.91. The number of nitrogens with zero attached hydrogens (tertiary/aromatic N) is 1. The van der Waals surface area contributed by atoms with Gasteiger partial charge in [-0.2, -0.15) is 0 Å². The number of ether oxygens (including phenoxy) is 2. The van der Waals surface area contributed by atoms with Gasteiger partial charge in [-0.1, -0.05) is 13.3 Å².